The summed E-state index contributed by atoms with van der Waals surface area (Å²) in [6.45, 7) is -0.242. The van der Waals surface area contributed by atoms with Gasteiger partial charge in [0, 0.05) is 48.6 Å². The Labute approximate surface area is 346 Å². The first-order valence-corrected chi connectivity index (χ1v) is 19.6. The van der Waals surface area contributed by atoms with Crippen LogP contribution in [0.15, 0.2) is 111 Å². The van der Waals surface area contributed by atoms with Crippen LogP contribution in [0.5, 0.6) is 23.0 Å². The second-order valence-corrected chi connectivity index (χ2v) is 15.5. The highest BCUT2D eigenvalue weighted by Crippen LogP contribution is 2.64. The third kappa shape index (κ3) is 5.48. The van der Waals surface area contributed by atoms with E-state index in [4.69, 9.17) is 25.8 Å². The lowest BCUT2D eigenvalue weighted by atomic mass is 9.53. The molecule has 2 aliphatic heterocycles. The topological polar surface area (TPSA) is 169 Å². The lowest BCUT2D eigenvalue weighted by Gasteiger charge is -2.49. The van der Waals surface area contributed by atoms with Crippen molar-refractivity contribution in [1.29, 1.82) is 0 Å². The number of rotatable bonds is 9. The number of phenolic OH excluding ortho intramolecular Hbond substituents is 1. The molecule has 2 fully saturated rings. The third-order valence-electron chi connectivity index (χ3n) is 12.3. The molecule has 1 saturated heterocycles. The molecule has 306 valence electrons. The van der Waals surface area contributed by atoms with Gasteiger partial charge in [0.25, 0.3) is 5.56 Å². The molecule has 3 aliphatic rings. The van der Waals surface area contributed by atoms with Crippen molar-refractivity contribution in [2.24, 2.45) is 13.0 Å². The first kappa shape index (κ1) is 38.6. The van der Waals surface area contributed by atoms with Crippen LogP contribution in [0, 0.1) is 5.92 Å². The molecule has 0 unspecified atom stereocenters. The van der Waals surface area contributed by atoms with E-state index >= 15 is 9.59 Å². The van der Waals surface area contributed by atoms with Gasteiger partial charge in [-0.3, -0.25) is 14.4 Å². The SMILES string of the molecule is COc1cc2nc(CCn3c(=O)n4n(c3=O)[C@@H]3C[C@H]5C(=O)N(c6cccc(Cl)c6)C(=O)[C@@]5(c5ccccc5)[C@@H](c5c(O)cccc5OC)C3=CC4)c(=O)n(C)c2cc1OC. The molecule has 2 aromatic heterocycles. The Hall–Kier alpha value is -6.87. The highest BCUT2D eigenvalue weighted by Gasteiger charge is 2.69. The van der Waals surface area contributed by atoms with E-state index in [1.54, 1.807) is 85.9 Å². The number of aromatic hydroxyl groups is 1. The van der Waals surface area contributed by atoms with Crippen LogP contribution in [-0.2, 0) is 41.6 Å². The summed E-state index contributed by atoms with van der Waals surface area (Å²) in [7, 11) is 6.04. The summed E-state index contributed by atoms with van der Waals surface area (Å²) in [5.74, 6) is -2.27. The fourth-order valence-corrected chi connectivity index (χ4v) is 9.83. The van der Waals surface area contributed by atoms with Crippen molar-refractivity contribution in [3.05, 3.63) is 150 Å². The summed E-state index contributed by atoms with van der Waals surface area (Å²) in [5, 5.41) is 12.1. The van der Waals surface area contributed by atoms with Crippen LogP contribution in [-0.4, -0.2) is 61.7 Å². The predicted octanol–water partition coefficient (Wildman–Crippen LogP) is 4.48. The zero-order valence-electron chi connectivity index (χ0n) is 33.0. The van der Waals surface area contributed by atoms with Gasteiger partial charge in [-0.1, -0.05) is 60.1 Å². The van der Waals surface area contributed by atoms with Crippen LogP contribution in [0.2, 0.25) is 5.02 Å². The van der Waals surface area contributed by atoms with Gasteiger partial charge in [-0.15, -0.1) is 0 Å². The van der Waals surface area contributed by atoms with E-state index in [1.165, 1.54) is 41.3 Å². The smallest absolute Gasteiger partial charge is 0.347 e. The standard InChI is InChI=1S/C44H39ClN6O9/c1-47-32-23-36(60-4)35(59-3)22-30(32)46-29(40(47)54)17-18-48-42(56)49-19-16-27-31(51(49)43(48)57)21-28-39(53)50(26-13-8-12-25(45)20-26)41(55)44(28,24-10-6-5-7-11-24)38(27)37-33(52)14-9-15-34(37)58-2/h5-16,20,22-23,28,31,38,52H,17-19,21H2,1-4H3/t28-,31+,38+,44+/m0/s1. The van der Waals surface area contributed by atoms with E-state index in [1.807, 2.05) is 6.07 Å². The normalized spacial score (nSPS) is 20.7. The van der Waals surface area contributed by atoms with Crippen LogP contribution in [0.4, 0.5) is 5.69 Å². The average molecular weight is 831 g/mol. The van der Waals surface area contributed by atoms with E-state index in [0.717, 1.165) is 9.47 Å². The number of phenols is 1. The molecule has 6 aromatic rings. The molecular formula is C44H39ClN6O9. The van der Waals surface area contributed by atoms with Crippen molar-refractivity contribution >= 4 is 40.1 Å². The van der Waals surface area contributed by atoms with Crippen LogP contribution in [0.1, 0.15) is 35.2 Å². The minimum absolute atomic E-state index is 0.0454. The molecule has 0 bridgehead atoms. The number of hydrogen-bond acceptors (Lipinski definition) is 10. The number of carbonyl (C=O) groups is 2. The fraction of sp³-hybridized carbons (Fsp3) is 0.273. The van der Waals surface area contributed by atoms with Crippen molar-refractivity contribution in [2.45, 2.75) is 43.3 Å². The fourth-order valence-electron chi connectivity index (χ4n) is 9.65. The monoisotopic (exact) mass is 830 g/mol. The Kier molecular flexibility index (Phi) is 9.30. The molecule has 2 amide bonds. The van der Waals surface area contributed by atoms with Crippen LogP contribution >= 0.6 is 11.6 Å². The van der Waals surface area contributed by atoms with E-state index in [0.29, 0.717) is 38.7 Å². The maximum atomic E-state index is 15.5. The Morgan fingerprint density at radius 1 is 0.850 bits per heavy atom. The quantitative estimate of drug-likeness (QED) is 0.162. The molecule has 4 aromatic carbocycles. The second kappa shape index (κ2) is 14.4. The summed E-state index contributed by atoms with van der Waals surface area (Å²) in [6, 6.07) is 22.6. The molecule has 1 aliphatic carbocycles. The number of ether oxygens (including phenoxy) is 3. The minimum Gasteiger partial charge on any atom is -0.508 e. The number of benzene rings is 4. The number of methoxy groups -OCH3 is 3. The van der Waals surface area contributed by atoms with Gasteiger partial charge in [0.15, 0.2) is 11.5 Å². The van der Waals surface area contributed by atoms with Crippen LogP contribution in [0.25, 0.3) is 11.0 Å². The van der Waals surface area contributed by atoms with Gasteiger partial charge in [-0.2, -0.15) is 0 Å². The molecule has 1 N–H and O–H groups in total. The molecular weight excluding hydrogens is 792 g/mol. The molecule has 1 saturated carbocycles. The molecule has 4 atom stereocenters. The van der Waals surface area contributed by atoms with E-state index < -0.39 is 52.0 Å². The minimum atomic E-state index is -1.64. The first-order chi connectivity index (χ1) is 29.0. The molecule has 0 radical (unpaired) electrons. The van der Waals surface area contributed by atoms with E-state index in [2.05, 4.69) is 4.98 Å². The van der Waals surface area contributed by atoms with Gasteiger partial charge < -0.3 is 23.9 Å². The largest absolute Gasteiger partial charge is 0.508 e. The lowest BCUT2D eigenvalue weighted by Crippen LogP contribution is -2.53. The van der Waals surface area contributed by atoms with Gasteiger partial charge in [-0.05, 0) is 47.9 Å². The summed E-state index contributed by atoms with van der Waals surface area (Å²) in [6.07, 6.45) is 1.70. The Morgan fingerprint density at radius 2 is 1.57 bits per heavy atom. The van der Waals surface area contributed by atoms with Crippen LogP contribution < -0.4 is 36.0 Å². The van der Waals surface area contributed by atoms with Crippen molar-refractivity contribution in [2.75, 3.05) is 26.2 Å². The third-order valence-corrected chi connectivity index (χ3v) is 12.5. The number of amides is 2. The molecule has 0 spiro atoms. The molecule has 16 heteroatoms. The number of carbonyl (C=O) groups excluding carboxylic acids is 2. The highest BCUT2D eigenvalue weighted by molar-refractivity contribution is 6.32. The second-order valence-electron chi connectivity index (χ2n) is 15.0. The van der Waals surface area contributed by atoms with E-state index in [-0.39, 0.29) is 54.4 Å². The van der Waals surface area contributed by atoms with Gasteiger partial charge in [0.1, 0.15) is 17.2 Å². The summed E-state index contributed by atoms with van der Waals surface area (Å²) in [4.78, 5) is 78.7. The average Bonchev–Trinajstić information content (AvgIpc) is 3.64. The lowest BCUT2D eigenvalue weighted by molar-refractivity contribution is -0.124. The maximum absolute atomic E-state index is 15.5. The van der Waals surface area contributed by atoms with Gasteiger partial charge in [0.05, 0.1) is 62.0 Å². The number of fused-ring (bicyclic) bond motifs is 5. The maximum Gasteiger partial charge on any atom is 0.347 e. The number of nitrogens with zero attached hydrogens (tertiary/aromatic N) is 6. The number of hydrogen-bond donors (Lipinski definition) is 1. The number of aromatic nitrogens is 5. The van der Waals surface area contributed by atoms with Gasteiger partial charge in [0.2, 0.25) is 11.8 Å². The zero-order valence-corrected chi connectivity index (χ0v) is 33.8. The zero-order chi connectivity index (χ0) is 42.2. The number of halogens is 1. The van der Waals surface area contributed by atoms with Crippen LogP contribution in [0.3, 0.4) is 0 Å². The Balaban J connectivity index is 1.20. The van der Waals surface area contributed by atoms with E-state index in [9.17, 15) is 19.5 Å². The summed E-state index contributed by atoms with van der Waals surface area (Å²) < 4.78 is 21.8. The molecule has 9 rings (SSSR count). The van der Waals surface area contributed by atoms with Crippen molar-refractivity contribution in [3.8, 4) is 23.0 Å². The predicted molar refractivity (Wildman–Crippen MR) is 221 cm³/mol. The number of aryl methyl sites for hydroxylation is 2. The molecule has 15 nitrogen and oxygen atoms in total. The number of anilines is 1. The number of allylic oxidation sites excluding steroid dienone is 2. The van der Waals surface area contributed by atoms with Crippen molar-refractivity contribution in [3.63, 3.8) is 0 Å². The Morgan fingerprint density at radius 3 is 2.28 bits per heavy atom. The van der Waals surface area contributed by atoms with Crippen molar-refractivity contribution in [1.82, 2.24) is 23.5 Å². The summed E-state index contributed by atoms with van der Waals surface area (Å²) >= 11 is 6.42. The van der Waals surface area contributed by atoms with Gasteiger partial charge >= 0.3 is 11.4 Å². The first-order valence-electron chi connectivity index (χ1n) is 19.2. The van der Waals surface area contributed by atoms with Crippen molar-refractivity contribution < 1.29 is 28.9 Å². The highest BCUT2D eigenvalue weighted by atomic mass is 35.5. The van der Waals surface area contributed by atoms with Gasteiger partial charge in [-0.25, -0.2) is 33.4 Å². The summed E-state index contributed by atoms with van der Waals surface area (Å²) in [5.41, 5.74) is -0.636. The molecule has 4 heterocycles. The Bertz CT molecular complexity index is 2990. The molecule has 60 heavy (non-hydrogen) atoms. The number of imide groups is 1.